The number of methoxy groups -OCH3 is 1. The van der Waals surface area contributed by atoms with Gasteiger partial charge in [0.2, 0.25) is 15.9 Å². The molecule has 1 atom stereocenters. The first-order chi connectivity index (χ1) is 14.8. The Kier molecular flexibility index (Phi) is 7.82. The van der Waals surface area contributed by atoms with Crippen LogP contribution in [0.1, 0.15) is 32.6 Å². The Balaban J connectivity index is 1.64. The number of rotatable bonds is 6. The summed E-state index contributed by atoms with van der Waals surface area (Å²) in [5.41, 5.74) is 0. The number of nitrogens with zero attached hydrogens (tertiary/aromatic N) is 2. The van der Waals surface area contributed by atoms with E-state index >= 15 is 0 Å². The van der Waals surface area contributed by atoms with Crippen molar-refractivity contribution in [1.29, 1.82) is 0 Å². The molecule has 1 aromatic carbocycles. The Morgan fingerprint density at radius 3 is 2.45 bits per heavy atom. The monoisotopic (exact) mass is 472 g/mol. The number of carbonyl (C=O) groups excluding carboxylic acids is 2. The third kappa shape index (κ3) is 5.32. The van der Waals surface area contributed by atoms with Gasteiger partial charge in [0, 0.05) is 26.2 Å². The molecule has 10 heteroatoms. The highest BCUT2D eigenvalue weighted by atomic mass is 35.5. The molecule has 0 aromatic heterocycles. The molecule has 2 fully saturated rings. The Hall–Kier alpha value is -1.84. The zero-order chi connectivity index (χ0) is 22.6. The summed E-state index contributed by atoms with van der Waals surface area (Å²) >= 11 is 6.11. The molecule has 0 aliphatic carbocycles. The van der Waals surface area contributed by atoms with Gasteiger partial charge in [-0.3, -0.25) is 9.59 Å². The summed E-state index contributed by atoms with van der Waals surface area (Å²) in [5.74, 6) is -0.417. The number of benzene rings is 1. The third-order valence-electron chi connectivity index (χ3n) is 5.92. The molecular formula is C21H29ClN2O6S. The number of halogens is 1. The first-order valence-corrected chi connectivity index (χ1v) is 12.4. The zero-order valence-corrected chi connectivity index (χ0v) is 19.5. The van der Waals surface area contributed by atoms with E-state index in [2.05, 4.69) is 0 Å². The van der Waals surface area contributed by atoms with Gasteiger partial charge in [-0.2, -0.15) is 4.31 Å². The predicted octanol–water partition coefficient (Wildman–Crippen LogP) is 2.55. The van der Waals surface area contributed by atoms with Gasteiger partial charge < -0.3 is 14.4 Å². The van der Waals surface area contributed by atoms with Crippen LogP contribution in [0.5, 0.6) is 5.75 Å². The average Bonchev–Trinajstić information content (AvgIpc) is 2.79. The zero-order valence-electron chi connectivity index (χ0n) is 17.9. The average molecular weight is 473 g/mol. The highest BCUT2D eigenvalue weighted by Gasteiger charge is 2.37. The molecule has 8 nitrogen and oxygen atoms in total. The summed E-state index contributed by atoms with van der Waals surface area (Å²) in [6, 6.07) is 4.36. The van der Waals surface area contributed by atoms with E-state index in [-0.39, 0.29) is 34.3 Å². The Bertz CT molecular complexity index is 914. The molecule has 0 bridgehead atoms. The van der Waals surface area contributed by atoms with Crippen LogP contribution in [0.25, 0.3) is 0 Å². The van der Waals surface area contributed by atoms with E-state index in [1.807, 2.05) is 0 Å². The van der Waals surface area contributed by atoms with E-state index in [0.29, 0.717) is 57.7 Å². The molecule has 0 spiro atoms. The fourth-order valence-corrected chi connectivity index (χ4v) is 6.05. The number of sulfonamides is 1. The topological polar surface area (TPSA) is 93.2 Å². The van der Waals surface area contributed by atoms with Crippen molar-refractivity contribution >= 4 is 33.5 Å². The second-order valence-electron chi connectivity index (χ2n) is 7.85. The Morgan fingerprint density at radius 2 is 1.84 bits per heavy atom. The fourth-order valence-electron chi connectivity index (χ4n) is 4.17. The Morgan fingerprint density at radius 1 is 1.13 bits per heavy atom. The molecule has 1 aromatic rings. The van der Waals surface area contributed by atoms with E-state index in [9.17, 15) is 18.0 Å². The molecule has 0 saturated carbocycles. The smallest absolute Gasteiger partial charge is 0.309 e. The summed E-state index contributed by atoms with van der Waals surface area (Å²) in [4.78, 5) is 26.8. The van der Waals surface area contributed by atoms with Crippen molar-refractivity contribution in [3.05, 3.63) is 23.2 Å². The molecule has 2 saturated heterocycles. The minimum Gasteiger partial charge on any atom is -0.495 e. The van der Waals surface area contributed by atoms with Crippen molar-refractivity contribution in [2.75, 3.05) is 39.9 Å². The van der Waals surface area contributed by atoms with Crippen LogP contribution in [-0.2, 0) is 24.3 Å². The van der Waals surface area contributed by atoms with E-state index in [4.69, 9.17) is 21.1 Å². The fraction of sp³-hybridized carbons (Fsp3) is 0.619. The normalized spacial score (nSPS) is 21.0. The van der Waals surface area contributed by atoms with Crippen LogP contribution in [0.15, 0.2) is 23.1 Å². The molecule has 1 amide bonds. The first-order valence-electron chi connectivity index (χ1n) is 10.6. The third-order valence-corrected chi connectivity index (χ3v) is 8.08. The van der Waals surface area contributed by atoms with E-state index < -0.39 is 15.9 Å². The minimum atomic E-state index is -3.77. The van der Waals surface area contributed by atoms with Gasteiger partial charge in [0.1, 0.15) is 5.75 Å². The maximum Gasteiger partial charge on any atom is 0.309 e. The van der Waals surface area contributed by atoms with Crippen LogP contribution in [0.2, 0.25) is 5.02 Å². The quantitative estimate of drug-likeness (QED) is 0.591. The number of hydrogen-bond acceptors (Lipinski definition) is 6. The largest absolute Gasteiger partial charge is 0.495 e. The van der Waals surface area contributed by atoms with Crippen LogP contribution in [0.3, 0.4) is 0 Å². The van der Waals surface area contributed by atoms with Crippen LogP contribution in [0, 0.1) is 11.8 Å². The molecule has 3 rings (SSSR count). The number of hydrogen-bond donors (Lipinski definition) is 0. The molecule has 0 unspecified atom stereocenters. The molecule has 31 heavy (non-hydrogen) atoms. The number of piperidine rings is 2. The summed E-state index contributed by atoms with van der Waals surface area (Å²) in [6.07, 6.45) is 2.40. The van der Waals surface area contributed by atoms with Gasteiger partial charge in [0.25, 0.3) is 0 Å². The standard InChI is InChI=1S/C21H29ClN2O6S/c1-3-30-21(26)15-8-11-23(12-9-15)20(25)16-5-4-10-24(14-16)31(27,28)17-6-7-19(29-2)18(22)13-17/h6-7,13,15-16H,3-5,8-12,14H2,1-2H3/t16-/m1/s1. The summed E-state index contributed by atoms with van der Waals surface area (Å²) in [6.45, 7) is 3.60. The second kappa shape index (κ2) is 10.2. The van der Waals surface area contributed by atoms with Gasteiger partial charge in [-0.05, 0) is 50.8 Å². The van der Waals surface area contributed by atoms with Gasteiger partial charge in [0.05, 0.1) is 35.5 Å². The lowest BCUT2D eigenvalue weighted by atomic mass is 9.93. The van der Waals surface area contributed by atoms with Gasteiger partial charge in [-0.25, -0.2) is 8.42 Å². The summed E-state index contributed by atoms with van der Waals surface area (Å²) in [5, 5.41) is 0.220. The maximum absolute atomic E-state index is 13.1. The molecule has 2 aliphatic rings. The molecule has 0 N–H and O–H groups in total. The van der Waals surface area contributed by atoms with Crippen LogP contribution >= 0.6 is 11.6 Å². The van der Waals surface area contributed by atoms with Crippen molar-refractivity contribution in [2.45, 2.75) is 37.5 Å². The van der Waals surface area contributed by atoms with Crippen LogP contribution in [-0.4, -0.2) is 69.4 Å². The van der Waals surface area contributed by atoms with Gasteiger partial charge in [-0.15, -0.1) is 0 Å². The van der Waals surface area contributed by atoms with Crippen LogP contribution in [0.4, 0.5) is 0 Å². The van der Waals surface area contributed by atoms with Gasteiger partial charge >= 0.3 is 5.97 Å². The van der Waals surface area contributed by atoms with Crippen molar-refractivity contribution in [2.24, 2.45) is 11.8 Å². The van der Waals surface area contributed by atoms with E-state index in [0.717, 1.165) is 0 Å². The number of likely N-dealkylation sites (tertiary alicyclic amines) is 1. The number of esters is 1. The molecule has 0 radical (unpaired) electrons. The first kappa shape index (κ1) is 23.8. The lowest BCUT2D eigenvalue weighted by Crippen LogP contribution is -2.49. The van der Waals surface area contributed by atoms with Crippen molar-refractivity contribution in [1.82, 2.24) is 9.21 Å². The minimum absolute atomic E-state index is 0.0463. The predicted molar refractivity (Wildman–Crippen MR) is 115 cm³/mol. The maximum atomic E-state index is 13.1. The summed E-state index contributed by atoms with van der Waals surface area (Å²) in [7, 11) is -2.31. The van der Waals surface area contributed by atoms with Crippen molar-refractivity contribution in [3.63, 3.8) is 0 Å². The number of carbonyl (C=O) groups is 2. The second-order valence-corrected chi connectivity index (χ2v) is 10.2. The number of ether oxygens (including phenoxy) is 2. The van der Waals surface area contributed by atoms with Gasteiger partial charge in [-0.1, -0.05) is 11.6 Å². The molecule has 172 valence electrons. The lowest BCUT2D eigenvalue weighted by molar-refractivity contribution is -0.152. The highest BCUT2D eigenvalue weighted by molar-refractivity contribution is 7.89. The Labute approximate surface area is 188 Å². The SMILES string of the molecule is CCOC(=O)C1CCN(C(=O)[C@@H]2CCCN(S(=O)(=O)c3ccc(OC)c(Cl)c3)C2)CC1. The summed E-state index contributed by atoms with van der Waals surface area (Å²) < 4.78 is 37.8. The van der Waals surface area contributed by atoms with Crippen LogP contribution < -0.4 is 4.74 Å². The van der Waals surface area contributed by atoms with Crippen molar-refractivity contribution < 1.29 is 27.5 Å². The lowest BCUT2D eigenvalue weighted by Gasteiger charge is -2.37. The molecule has 2 heterocycles. The van der Waals surface area contributed by atoms with Crippen molar-refractivity contribution in [3.8, 4) is 5.75 Å². The highest BCUT2D eigenvalue weighted by Crippen LogP contribution is 2.31. The molecular weight excluding hydrogens is 444 g/mol. The van der Waals surface area contributed by atoms with E-state index in [1.54, 1.807) is 11.8 Å². The van der Waals surface area contributed by atoms with Gasteiger partial charge in [0.15, 0.2) is 0 Å². The van der Waals surface area contributed by atoms with E-state index in [1.165, 1.54) is 29.6 Å². The number of amides is 1. The molecule has 2 aliphatic heterocycles.